The lowest BCUT2D eigenvalue weighted by Gasteiger charge is -2.10. The Bertz CT molecular complexity index is 702. The number of nitrogens with one attached hydrogen (secondary N) is 1. The van der Waals surface area contributed by atoms with Crippen LogP contribution >= 0.6 is 22.9 Å². The molecule has 0 spiro atoms. The number of rotatable bonds is 7. The summed E-state index contributed by atoms with van der Waals surface area (Å²) in [5, 5.41) is 4.33. The van der Waals surface area contributed by atoms with Crippen LogP contribution in [0.3, 0.4) is 0 Å². The van der Waals surface area contributed by atoms with Crippen molar-refractivity contribution >= 4 is 44.9 Å². The minimum absolute atomic E-state index is 0.172. The standard InChI is InChI=1S/C15H21ClN4O2S/c1-9-10-12(17-7-5-6-8-20(2)3)18-15(16)19-13(10)23-11(9)14(21)22-4/h5-8H2,1-4H3,(H,17,18,19). The van der Waals surface area contributed by atoms with Gasteiger partial charge in [0, 0.05) is 6.54 Å². The second kappa shape index (κ2) is 7.90. The van der Waals surface area contributed by atoms with Gasteiger partial charge in [-0.15, -0.1) is 11.3 Å². The summed E-state index contributed by atoms with van der Waals surface area (Å²) in [4.78, 5) is 23.7. The Labute approximate surface area is 144 Å². The number of esters is 1. The number of methoxy groups -OCH3 is 1. The highest BCUT2D eigenvalue weighted by atomic mass is 35.5. The number of fused-ring (bicyclic) bond motifs is 1. The first kappa shape index (κ1) is 17.9. The van der Waals surface area contributed by atoms with Crippen LogP contribution in [-0.4, -0.2) is 55.1 Å². The maximum absolute atomic E-state index is 11.8. The topological polar surface area (TPSA) is 67.3 Å². The lowest BCUT2D eigenvalue weighted by molar-refractivity contribution is 0.0605. The quantitative estimate of drug-likeness (QED) is 0.467. The molecule has 0 amide bonds. The summed E-state index contributed by atoms with van der Waals surface area (Å²) in [7, 11) is 5.49. The fourth-order valence-corrected chi connectivity index (χ4v) is 3.61. The van der Waals surface area contributed by atoms with Crippen LogP contribution in [0, 0.1) is 6.92 Å². The number of aromatic nitrogens is 2. The van der Waals surface area contributed by atoms with E-state index in [9.17, 15) is 4.79 Å². The van der Waals surface area contributed by atoms with E-state index < -0.39 is 0 Å². The number of halogens is 1. The van der Waals surface area contributed by atoms with Crippen LogP contribution in [0.25, 0.3) is 10.2 Å². The number of ether oxygens (including phenoxy) is 1. The van der Waals surface area contributed by atoms with E-state index in [1.54, 1.807) is 0 Å². The first-order chi connectivity index (χ1) is 10.9. The third-order valence-electron chi connectivity index (χ3n) is 3.46. The van der Waals surface area contributed by atoms with Crippen molar-refractivity contribution in [2.24, 2.45) is 0 Å². The van der Waals surface area contributed by atoms with Crippen LogP contribution in [0.5, 0.6) is 0 Å². The van der Waals surface area contributed by atoms with Crippen molar-refractivity contribution < 1.29 is 9.53 Å². The van der Waals surface area contributed by atoms with Gasteiger partial charge in [-0.2, -0.15) is 0 Å². The lowest BCUT2D eigenvalue weighted by Crippen LogP contribution is -2.14. The van der Waals surface area contributed by atoms with Gasteiger partial charge in [0.2, 0.25) is 5.28 Å². The van der Waals surface area contributed by atoms with E-state index in [2.05, 4.69) is 34.3 Å². The molecule has 2 aromatic rings. The fourth-order valence-electron chi connectivity index (χ4n) is 2.29. The van der Waals surface area contributed by atoms with E-state index in [4.69, 9.17) is 16.3 Å². The normalized spacial score (nSPS) is 11.2. The molecule has 0 aromatic carbocycles. The summed E-state index contributed by atoms with van der Waals surface area (Å²) in [5.41, 5.74) is 0.823. The first-order valence-corrected chi connectivity index (χ1v) is 8.57. The van der Waals surface area contributed by atoms with Crippen molar-refractivity contribution in [3.05, 3.63) is 15.7 Å². The third-order valence-corrected chi connectivity index (χ3v) is 4.79. The molecule has 0 aliphatic heterocycles. The van der Waals surface area contributed by atoms with E-state index in [0.29, 0.717) is 15.5 Å². The molecule has 2 rings (SSSR count). The number of hydrogen-bond acceptors (Lipinski definition) is 7. The van der Waals surface area contributed by atoms with E-state index in [0.717, 1.165) is 36.9 Å². The molecule has 0 unspecified atom stereocenters. The summed E-state index contributed by atoms with van der Waals surface area (Å²) in [6.07, 6.45) is 2.12. The Balaban J connectivity index is 2.21. The predicted molar refractivity (Wildman–Crippen MR) is 94.8 cm³/mol. The molecule has 8 heteroatoms. The molecule has 126 valence electrons. The molecule has 0 saturated heterocycles. The first-order valence-electron chi connectivity index (χ1n) is 7.37. The molecule has 2 aromatic heterocycles. The molecule has 6 nitrogen and oxygen atoms in total. The molecule has 1 N–H and O–H groups in total. The van der Waals surface area contributed by atoms with Crippen LogP contribution in [0.1, 0.15) is 28.1 Å². The number of thiophene rings is 1. The predicted octanol–water partition coefficient (Wildman–Crippen LogP) is 3.19. The van der Waals surface area contributed by atoms with Gasteiger partial charge in [0.05, 0.1) is 12.5 Å². The molecule has 0 bridgehead atoms. The Morgan fingerprint density at radius 2 is 2.09 bits per heavy atom. The van der Waals surface area contributed by atoms with Crippen LogP contribution in [0.2, 0.25) is 5.28 Å². The third kappa shape index (κ3) is 4.31. The molecular weight excluding hydrogens is 336 g/mol. The number of hydrogen-bond donors (Lipinski definition) is 1. The summed E-state index contributed by atoms with van der Waals surface area (Å²) < 4.78 is 4.82. The van der Waals surface area contributed by atoms with Crippen molar-refractivity contribution in [1.29, 1.82) is 0 Å². The Kier molecular flexibility index (Phi) is 6.15. The van der Waals surface area contributed by atoms with E-state index >= 15 is 0 Å². The average Bonchev–Trinajstić information content (AvgIpc) is 2.82. The van der Waals surface area contributed by atoms with Crippen LogP contribution in [0.15, 0.2) is 0 Å². The molecule has 0 aliphatic carbocycles. The number of unbranched alkanes of at least 4 members (excludes halogenated alkanes) is 1. The molecule has 23 heavy (non-hydrogen) atoms. The largest absolute Gasteiger partial charge is 0.465 e. The zero-order valence-corrected chi connectivity index (χ0v) is 15.3. The second-order valence-corrected chi connectivity index (χ2v) is 6.84. The van der Waals surface area contributed by atoms with Crippen LogP contribution in [0.4, 0.5) is 5.82 Å². The molecule has 2 heterocycles. The van der Waals surface area contributed by atoms with Crippen LogP contribution < -0.4 is 5.32 Å². The van der Waals surface area contributed by atoms with Gasteiger partial charge in [-0.05, 0) is 57.6 Å². The van der Waals surface area contributed by atoms with Gasteiger partial charge in [-0.1, -0.05) is 0 Å². The Morgan fingerprint density at radius 3 is 2.74 bits per heavy atom. The molecule has 0 atom stereocenters. The maximum atomic E-state index is 11.8. The van der Waals surface area contributed by atoms with Crippen molar-refractivity contribution in [2.45, 2.75) is 19.8 Å². The Hall–Kier alpha value is -1.44. The summed E-state index contributed by atoms with van der Waals surface area (Å²) in [6.45, 7) is 3.71. The van der Waals surface area contributed by atoms with Gasteiger partial charge in [0.25, 0.3) is 0 Å². The fraction of sp³-hybridized carbons (Fsp3) is 0.533. The molecule has 0 aliphatic rings. The molecule has 0 saturated carbocycles. The SMILES string of the molecule is COC(=O)c1sc2nc(Cl)nc(NCCCCN(C)C)c2c1C. The maximum Gasteiger partial charge on any atom is 0.348 e. The zero-order valence-electron chi connectivity index (χ0n) is 13.8. The highest BCUT2D eigenvalue weighted by Gasteiger charge is 2.20. The minimum Gasteiger partial charge on any atom is -0.465 e. The summed E-state index contributed by atoms with van der Waals surface area (Å²) >= 11 is 7.28. The number of anilines is 1. The van der Waals surface area contributed by atoms with Gasteiger partial charge >= 0.3 is 5.97 Å². The van der Waals surface area contributed by atoms with Crippen molar-refractivity contribution in [2.75, 3.05) is 39.6 Å². The average molecular weight is 357 g/mol. The monoisotopic (exact) mass is 356 g/mol. The smallest absolute Gasteiger partial charge is 0.348 e. The number of nitrogens with zero attached hydrogens (tertiary/aromatic N) is 3. The van der Waals surface area contributed by atoms with Crippen molar-refractivity contribution in [1.82, 2.24) is 14.9 Å². The summed E-state index contributed by atoms with van der Waals surface area (Å²) in [5.74, 6) is 0.312. The molecule has 0 fully saturated rings. The van der Waals surface area contributed by atoms with E-state index in [1.165, 1.54) is 18.4 Å². The second-order valence-electron chi connectivity index (χ2n) is 5.51. The number of carbonyl (C=O) groups excluding carboxylic acids is 1. The number of carbonyl (C=O) groups is 1. The highest BCUT2D eigenvalue weighted by molar-refractivity contribution is 7.20. The van der Waals surface area contributed by atoms with Gasteiger partial charge in [-0.3, -0.25) is 0 Å². The molecule has 0 radical (unpaired) electrons. The lowest BCUT2D eigenvalue weighted by atomic mass is 10.2. The van der Waals surface area contributed by atoms with Gasteiger partial charge < -0.3 is 15.0 Å². The summed E-state index contributed by atoms with van der Waals surface area (Å²) in [6, 6.07) is 0. The van der Waals surface area contributed by atoms with Gasteiger partial charge in [0.1, 0.15) is 15.5 Å². The minimum atomic E-state index is -0.362. The van der Waals surface area contributed by atoms with Crippen LogP contribution in [-0.2, 0) is 4.74 Å². The van der Waals surface area contributed by atoms with Crippen molar-refractivity contribution in [3.63, 3.8) is 0 Å². The van der Waals surface area contributed by atoms with Crippen molar-refractivity contribution in [3.8, 4) is 0 Å². The van der Waals surface area contributed by atoms with E-state index in [1.807, 2.05) is 6.92 Å². The highest BCUT2D eigenvalue weighted by Crippen LogP contribution is 2.34. The van der Waals surface area contributed by atoms with Gasteiger partial charge in [0.15, 0.2) is 0 Å². The zero-order chi connectivity index (χ0) is 17.0. The Morgan fingerprint density at radius 1 is 1.35 bits per heavy atom. The van der Waals surface area contributed by atoms with E-state index in [-0.39, 0.29) is 11.3 Å². The van der Waals surface area contributed by atoms with Gasteiger partial charge in [-0.25, -0.2) is 14.8 Å². The molecular formula is C15H21ClN4O2S. The number of aryl methyl sites for hydroxylation is 1.